The second-order valence-electron chi connectivity index (χ2n) is 6.96. The van der Waals surface area contributed by atoms with Crippen molar-refractivity contribution in [3.63, 3.8) is 0 Å². The number of rotatable bonds is 7. The number of benzene rings is 1. The zero-order chi connectivity index (χ0) is 18.4. The van der Waals surface area contributed by atoms with Gasteiger partial charge in [0.1, 0.15) is 6.04 Å². The molecule has 1 aromatic rings. The maximum absolute atomic E-state index is 13.0. The van der Waals surface area contributed by atoms with Gasteiger partial charge in [-0.3, -0.25) is 4.79 Å². The molecule has 1 N–H and O–H groups in total. The van der Waals surface area contributed by atoms with Crippen LogP contribution in [-0.2, 0) is 14.8 Å². The Hall–Kier alpha value is -1.05. The lowest BCUT2D eigenvalue weighted by Crippen LogP contribution is -2.52. The van der Waals surface area contributed by atoms with E-state index in [-0.39, 0.29) is 10.8 Å². The van der Waals surface area contributed by atoms with Crippen LogP contribution in [-0.4, -0.2) is 50.4 Å². The molecule has 1 saturated heterocycles. The number of nitrogens with zero attached hydrogens (tertiary/aromatic N) is 1. The minimum absolute atomic E-state index is 0.105. The normalized spacial score (nSPS) is 22.6. The number of piperidine rings is 1. The maximum Gasteiger partial charge on any atom is 0.241 e. The molecule has 0 radical (unpaired) electrons. The largest absolute Gasteiger partial charge is 0.341 e. The Morgan fingerprint density at radius 1 is 1.24 bits per heavy atom. The van der Waals surface area contributed by atoms with E-state index in [0.717, 1.165) is 12.2 Å². The molecule has 3 atom stereocenters. The smallest absolute Gasteiger partial charge is 0.241 e. The van der Waals surface area contributed by atoms with Crippen LogP contribution in [0.5, 0.6) is 0 Å². The van der Waals surface area contributed by atoms with E-state index in [4.69, 9.17) is 0 Å². The zero-order valence-corrected chi connectivity index (χ0v) is 16.8. The highest BCUT2D eigenvalue weighted by Gasteiger charge is 2.32. The van der Waals surface area contributed by atoms with Gasteiger partial charge in [-0.25, -0.2) is 8.42 Å². The van der Waals surface area contributed by atoms with Gasteiger partial charge in [0, 0.05) is 13.1 Å². The van der Waals surface area contributed by atoms with Crippen molar-refractivity contribution in [3.05, 3.63) is 30.3 Å². The van der Waals surface area contributed by atoms with Crippen LogP contribution in [0.3, 0.4) is 0 Å². The van der Waals surface area contributed by atoms with E-state index in [1.165, 1.54) is 0 Å². The lowest BCUT2D eigenvalue weighted by molar-refractivity contribution is -0.135. The Morgan fingerprint density at radius 2 is 1.84 bits per heavy atom. The van der Waals surface area contributed by atoms with Crippen LogP contribution in [0.15, 0.2) is 35.2 Å². The summed E-state index contributed by atoms with van der Waals surface area (Å²) in [4.78, 5) is 15.0. The highest BCUT2D eigenvalue weighted by molar-refractivity contribution is 7.98. The summed E-state index contributed by atoms with van der Waals surface area (Å²) in [5.74, 6) is 1.51. The molecule has 0 saturated carbocycles. The fraction of sp³-hybridized carbons (Fsp3) is 0.611. The van der Waals surface area contributed by atoms with E-state index in [1.54, 1.807) is 42.1 Å². The van der Waals surface area contributed by atoms with Gasteiger partial charge in [-0.15, -0.1) is 0 Å². The molecule has 1 heterocycles. The van der Waals surface area contributed by atoms with E-state index in [2.05, 4.69) is 18.6 Å². The van der Waals surface area contributed by atoms with Crippen molar-refractivity contribution in [1.82, 2.24) is 9.62 Å². The molecule has 1 aliphatic heterocycles. The molecule has 1 amide bonds. The van der Waals surface area contributed by atoms with Gasteiger partial charge in [0.05, 0.1) is 4.90 Å². The molecular weight excluding hydrogens is 356 g/mol. The first-order valence-electron chi connectivity index (χ1n) is 8.68. The van der Waals surface area contributed by atoms with Crippen molar-refractivity contribution < 1.29 is 13.2 Å². The minimum atomic E-state index is -3.71. The Morgan fingerprint density at radius 3 is 2.40 bits per heavy atom. The summed E-state index contributed by atoms with van der Waals surface area (Å²) in [6.07, 6.45) is 3.55. The number of carbonyl (C=O) groups excluding carboxylic acids is 1. The van der Waals surface area contributed by atoms with Crippen LogP contribution in [0.2, 0.25) is 0 Å². The highest BCUT2D eigenvalue weighted by Crippen LogP contribution is 2.22. The van der Waals surface area contributed by atoms with Crippen LogP contribution in [0.25, 0.3) is 0 Å². The summed E-state index contributed by atoms with van der Waals surface area (Å²) in [6.45, 7) is 5.68. The van der Waals surface area contributed by atoms with Crippen molar-refractivity contribution >= 4 is 27.7 Å². The molecule has 0 aliphatic carbocycles. The predicted octanol–water partition coefficient (Wildman–Crippen LogP) is 2.59. The molecule has 1 fully saturated rings. The molecular formula is C18H28N2O3S2. The molecule has 5 nitrogen and oxygen atoms in total. The number of thioether (sulfide) groups is 1. The van der Waals surface area contributed by atoms with Gasteiger partial charge in [-0.05, 0) is 48.8 Å². The van der Waals surface area contributed by atoms with E-state index >= 15 is 0 Å². The summed E-state index contributed by atoms with van der Waals surface area (Å²) < 4.78 is 27.9. The van der Waals surface area contributed by atoms with Crippen LogP contribution >= 0.6 is 11.8 Å². The molecule has 2 rings (SSSR count). The molecule has 140 valence electrons. The molecule has 25 heavy (non-hydrogen) atoms. The van der Waals surface area contributed by atoms with E-state index < -0.39 is 16.1 Å². The number of sulfonamides is 1. The van der Waals surface area contributed by atoms with E-state index in [9.17, 15) is 13.2 Å². The summed E-state index contributed by atoms with van der Waals surface area (Å²) in [7, 11) is -3.71. The predicted molar refractivity (Wildman–Crippen MR) is 103 cm³/mol. The molecule has 0 bridgehead atoms. The first kappa shape index (κ1) is 20.3. The minimum Gasteiger partial charge on any atom is -0.341 e. The number of hydrogen-bond donors (Lipinski definition) is 1. The SMILES string of the molecule is CSCCC(NS(=O)(=O)c1ccccc1)C(=O)N1CC(C)CC(C)C1. The van der Waals surface area contributed by atoms with E-state index in [0.29, 0.717) is 31.3 Å². The lowest BCUT2D eigenvalue weighted by Gasteiger charge is -2.37. The monoisotopic (exact) mass is 384 g/mol. The first-order chi connectivity index (χ1) is 11.8. The Balaban J connectivity index is 2.16. The maximum atomic E-state index is 13.0. The second kappa shape index (κ2) is 9.05. The van der Waals surface area contributed by atoms with Gasteiger partial charge in [0.25, 0.3) is 0 Å². The number of amides is 1. The number of carbonyl (C=O) groups is 1. The van der Waals surface area contributed by atoms with Gasteiger partial charge >= 0.3 is 0 Å². The lowest BCUT2D eigenvalue weighted by atomic mass is 9.91. The summed E-state index contributed by atoms with van der Waals surface area (Å²) in [6, 6.07) is 7.51. The third-order valence-electron chi connectivity index (χ3n) is 4.44. The van der Waals surface area contributed by atoms with Crippen LogP contribution in [0, 0.1) is 11.8 Å². The molecule has 0 spiro atoms. The zero-order valence-electron chi connectivity index (χ0n) is 15.1. The summed E-state index contributed by atoms with van der Waals surface area (Å²) >= 11 is 1.61. The average Bonchev–Trinajstić information content (AvgIpc) is 2.58. The van der Waals surface area contributed by atoms with E-state index in [1.807, 2.05) is 11.2 Å². The second-order valence-corrected chi connectivity index (χ2v) is 9.66. The Labute approximate surface area is 155 Å². The van der Waals surface area contributed by atoms with Crippen molar-refractivity contribution in [2.75, 3.05) is 25.1 Å². The van der Waals surface area contributed by atoms with Crippen molar-refractivity contribution in [1.29, 1.82) is 0 Å². The van der Waals surface area contributed by atoms with Gasteiger partial charge in [0.15, 0.2) is 0 Å². The van der Waals surface area contributed by atoms with Crippen molar-refractivity contribution in [2.24, 2.45) is 11.8 Å². The van der Waals surface area contributed by atoms with Crippen LogP contribution < -0.4 is 4.72 Å². The molecule has 3 unspecified atom stereocenters. The fourth-order valence-corrected chi connectivity index (χ4v) is 5.10. The third-order valence-corrected chi connectivity index (χ3v) is 6.57. The molecule has 1 aliphatic rings. The third kappa shape index (κ3) is 5.72. The summed E-state index contributed by atoms with van der Waals surface area (Å²) in [5.41, 5.74) is 0. The fourth-order valence-electron chi connectivity index (χ4n) is 3.39. The van der Waals surface area contributed by atoms with Gasteiger partial charge in [-0.1, -0.05) is 32.0 Å². The van der Waals surface area contributed by atoms with Crippen molar-refractivity contribution in [2.45, 2.75) is 37.6 Å². The number of hydrogen-bond acceptors (Lipinski definition) is 4. The van der Waals surface area contributed by atoms with Gasteiger partial charge < -0.3 is 4.90 Å². The topological polar surface area (TPSA) is 66.5 Å². The molecule has 7 heteroatoms. The standard InChI is InChI=1S/C18H28N2O3S2/c1-14-11-15(2)13-20(12-14)18(21)17(9-10-24-3)19-25(22,23)16-7-5-4-6-8-16/h4-8,14-15,17,19H,9-13H2,1-3H3. The van der Waals surface area contributed by atoms with Crippen molar-refractivity contribution in [3.8, 4) is 0 Å². The summed E-state index contributed by atoms with van der Waals surface area (Å²) in [5, 5.41) is 0. The highest BCUT2D eigenvalue weighted by atomic mass is 32.2. The molecule has 1 aromatic carbocycles. The first-order valence-corrected chi connectivity index (χ1v) is 11.6. The van der Waals surface area contributed by atoms with Crippen LogP contribution in [0.4, 0.5) is 0 Å². The quantitative estimate of drug-likeness (QED) is 0.785. The average molecular weight is 385 g/mol. The number of likely N-dealkylation sites (tertiary alicyclic amines) is 1. The molecule has 0 aromatic heterocycles. The Bertz CT molecular complexity index is 654. The van der Waals surface area contributed by atoms with Crippen LogP contribution in [0.1, 0.15) is 26.7 Å². The Kier molecular flexibility index (Phi) is 7.34. The number of nitrogens with one attached hydrogen (secondary N) is 1. The van der Waals surface area contributed by atoms with Gasteiger partial charge in [0.2, 0.25) is 15.9 Å². The van der Waals surface area contributed by atoms with Gasteiger partial charge in [-0.2, -0.15) is 16.5 Å².